The van der Waals surface area contributed by atoms with E-state index in [9.17, 15) is 4.79 Å². The molecule has 0 amide bonds. The summed E-state index contributed by atoms with van der Waals surface area (Å²) in [5, 5.41) is 0. The van der Waals surface area contributed by atoms with Gasteiger partial charge in [-0.05, 0) is 27.7 Å². The van der Waals surface area contributed by atoms with Gasteiger partial charge in [0.2, 0.25) is 0 Å². The van der Waals surface area contributed by atoms with E-state index < -0.39 is 11.6 Å². The summed E-state index contributed by atoms with van der Waals surface area (Å²) in [6.45, 7) is 6.54. The van der Waals surface area contributed by atoms with Gasteiger partial charge in [0, 0.05) is 6.05 Å². The molecule has 0 aromatic heterocycles. The van der Waals surface area contributed by atoms with E-state index in [0.29, 0.717) is 0 Å². The van der Waals surface area contributed by atoms with Crippen molar-refractivity contribution in [3.63, 3.8) is 0 Å². The predicted octanol–water partition coefficient (Wildman–Crippen LogP) is 1.90. The zero-order chi connectivity index (χ0) is 9.94. The van der Waals surface area contributed by atoms with Gasteiger partial charge < -0.3 is 4.74 Å². The van der Waals surface area contributed by atoms with Crippen molar-refractivity contribution in [2.45, 2.75) is 33.3 Å². The minimum absolute atomic E-state index is 0.0794. The average molecular weight is 144 g/mol. The molecule has 0 aromatic carbocycles. The molecule has 0 aliphatic heterocycles. The van der Waals surface area contributed by atoms with Crippen molar-refractivity contribution in [2.24, 2.45) is 0 Å². The van der Waals surface area contributed by atoms with Crippen LogP contribution in [0.4, 0.5) is 0 Å². The predicted molar refractivity (Wildman–Crippen MR) is 40.7 cm³/mol. The normalized spacial score (nSPS) is 16.8. The SMILES string of the molecule is [2H]/C(C)=C(/[2H])C(=O)OC(C)(C)C. The van der Waals surface area contributed by atoms with E-state index in [1.54, 1.807) is 20.8 Å². The molecule has 10 heavy (non-hydrogen) atoms. The molecule has 58 valence electrons. The van der Waals surface area contributed by atoms with Crippen molar-refractivity contribution in [3.8, 4) is 0 Å². The van der Waals surface area contributed by atoms with Crippen LogP contribution >= 0.6 is 0 Å². The quantitative estimate of drug-likeness (QED) is 0.415. The third-order valence-electron chi connectivity index (χ3n) is 0.626. The van der Waals surface area contributed by atoms with Crippen LogP contribution in [-0.2, 0) is 9.53 Å². The number of allylic oxidation sites excluding steroid dienone is 1. The van der Waals surface area contributed by atoms with E-state index in [1.807, 2.05) is 0 Å². The van der Waals surface area contributed by atoms with Crippen LogP contribution in [-0.4, -0.2) is 11.6 Å². The molecule has 0 bridgehead atoms. The van der Waals surface area contributed by atoms with Gasteiger partial charge in [-0.15, -0.1) is 0 Å². The second-order valence-corrected chi connectivity index (χ2v) is 2.88. The molecular weight excluding hydrogens is 128 g/mol. The molecule has 2 heteroatoms. The topological polar surface area (TPSA) is 26.3 Å². The lowest BCUT2D eigenvalue weighted by molar-refractivity contribution is -0.148. The number of hydrogen-bond acceptors (Lipinski definition) is 2. The Morgan fingerprint density at radius 2 is 2.10 bits per heavy atom. The van der Waals surface area contributed by atoms with Crippen LogP contribution in [0.5, 0.6) is 0 Å². The molecule has 2 nitrogen and oxygen atoms in total. The lowest BCUT2D eigenvalue weighted by Gasteiger charge is -2.17. The molecule has 0 aliphatic rings. The first-order valence-electron chi connectivity index (χ1n) is 4.11. The maximum atomic E-state index is 11.0. The van der Waals surface area contributed by atoms with Crippen molar-refractivity contribution in [1.82, 2.24) is 0 Å². The van der Waals surface area contributed by atoms with Gasteiger partial charge in [-0.3, -0.25) is 0 Å². The molecule has 0 aromatic rings. The van der Waals surface area contributed by atoms with Crippen LogP contribution in [0.3, 0.4) is 0 Å². The fourth-order valence-corrected chi connectivity index (χ4v) is 0.406. The Kier molecular flexibility index (Phi) is 2.02. The molecule has 0 rings (SSSR count). The standard InChI is InChI=1S/C8H14O2/c1-5-6-7(9)10-8(2,3)4/h5-6H,1-4H3/b6-5+/i5D,6D. The highest BCUT2D eigenvalue weighted by atomic mass is 16.6. The number of carbonyl (C=O) groups excluding carboxylic acids is 1. The number of rotatable bonds is 1. The highest BCUT2D eigenvalue weighted by Crippen LogP contribution is 2.06. The van der Waals surface area contributed by atoms with E-state index in [1.165, 1.54) is 6.92 Å². The summed E-state index contributed by atoms with van der Waals surface area (Å²) in [5.41, 5.74) is -0.598. The lowest BCUT2D eigenvalue weighted by Crippen LogP contribution is -2.22. The largest absolute Gasteiger partial charge is 0.457 e. The van der Waals surface area contributed by atoms with E-state index in [0.717, 1.165) is 0 Å². The summed E-state index contributed by atoms with van der Waals surface area (Å²) >= 11 is 0. The Hall–Kier alpha value is -0.790. The molecular formula is C8H14O2. The van der Waals surface area contributed by atoms with Gasteiger partial charge >= 0.3 is 5.97 Å². The molecule has 0 N–H and O–H groups in total. The third-order valence-corrected chi connectivity index (χ3v) is 0.626. The van der Waals surface area contributed by atoms with Crippen LogP contribution in [0.1, 0.15) is 30.4 Å². The van der Waals surface area contributed by atoms with Gasteiger partial charge in [-0.25, -0.2) is 4.79 Å². The zero-order valence-corrected chi connectivity index (χ0v) is 6.82. The molecule has 0 heterocycles. The highest BCUT2D eigenvalue weighted by molar-refractivity contribution is 5.82. The van der Waals surface area contributed by atoms with Gasteiger partial charge in [0.15, 0.2) is 0 Å². The minimum Gasteiger partial charge on any atom is -0.457 e. The molecule has 0 atom stereocenters. The highest BCUT2D eigenvalue weighted by Gasteiger charge is 2.13. The third kappa shape index (κ3) is 5.35. The first-order chi connectivity index (χ1) is 5.24. The van der Waals surface area contributed by atoms with Crippen LogP contribution in [0, 0.1) is 0 Å². The molecule has 0 saturated carbocycles. The molecule has 0 aliphatic carbocycles. The Bertz CT molecular complexity index is 210. The summed E-state index contributed by atoms with van der Waals surface area (Å²) in [6, 6.07) is -0.464. The second kappa shape index (κ2) is 3.40. The molecule has 0 spiro atoms. The monoisotopic (exact) mass is 144 g/mol. The minimum atomic E-state index is -0.741. The van der Waals surface area contributed by atoms with E-state index in [4.69, 9.17) is 7.48 Å². The van der Waals surface area contributed by atoms with Crippen molar-refractivity contribution in [2.75, 3.05) is 0 Å². The van der Waals surface area contributed by atoms with Gasteiger partial charge in [0.1, 0.15) is 5.60 Å². The second-order valence-electron chi connectivity index (χ2n) is 2.88. The van der Waals surface area contributed by atoms with Gasteiger partial charge in [-0.1, -0.05) is 6.05 Å². The summed E-state index contributed by atoms with van der Waals surface area (Å²) in [4.78, 5) is 11.0. The Morgan fingerprint density at radius 3 is 2.40 bits per heavy atom. The Morgan fingerprint density at radius 1 is 1.60 bits per heavy atom. The zero-order valence-electron chi connectivity index (χ0n) is 8.82. The van der Waals surface area contributed by atoms with Crippen molar-refractivity contribution >= 4 is 5.97 Å². The first-order valence-corrected chi connectivity index (χ1v) is 3.11. The number of ether oxygens (including phenoxy) is 1. The summed E-state index contributed by atoms with van der Waals surface area (Å²) in [6.07, 6.45) is 0. The summed E-state index contributed by atoms with van der Waals surface area (Å²) < 4.78 is 19.0. The smallest absolute Gasteiger partial charge is 0.330 e. The van der Waals surface area contributed by atoms with Crippen molar-refractivity contribution in [1.29, 1.82) is 0 Å². The van der Waals surface area contributed by atoms with Crippen LogP contribution in [0.2, 0.25) is 0 Å². The lowest BCUT2D eigenvalue weighted by atomic mass is 10.2. The first kappa shape index (κ1) is 5.96. The molecule has 0 radical (unpaired) electrons. The number of hydrogen-bond donors (Lipinski definition) is 0. The van der Waals surface area contributed by atoms with Gasteiger partial charge in [0.05, 0.1) is 2.74 Å². The summed E-state index contributed by atoms with van der Waals surface area (Å²) in [5.74, 6) is -0.741. The van der Waals surface area contributed by atoms with Crippen molar-refractivity contribution < 1.29 is 12.3 Å². The Balaban J connectivity index is 4.36. The van der Waals surface area contributed by atoms with Gasteiger partial charge in [0.25, 0.3) is 0 Å². The van der Waals surface area contributed by atoms with Crippen LogP contribution in [0.15, 0.2) is 12.1 Å². The number of esters is 1. The molecule has 0 unspecified atom stereocenters. The maximum absolute atomic E-state index is 11.0. The molecule has 0 saturated heterocycles. The van der Waals surface area contributed by atoms with Crippen molar-refractivity contribution in [3.05, 3.63) is 12.1 Å². The fourth-order valence-electron chi connectivity index (χ4n) is 0.406. The average Bonchev–Trinajstić information content (AvgIpc) is 1.82. The molecule has 0 fully saturated rings. The van der Waals surface area contributed by atoms with E-state index >= 15 is 0 Å². The van der Waals surface area contributed by atoms with Crippen LogP contribution < -0.4 is 0 Å². The fraction of sp³-hybridized carbons (Fsp3) is 0.625. The van der Waals surface area contributed by atoms with Gasteiger partial charge in [-0.2, -0.15) is 0 Å². The van der Waals surface area contributed by atoms with E-state index in [-0.39, 0.29) is 12.1 Å². The van der Waals surface area contributed by atoms with E-state index in [2.05, 4.69) is 0 Å². The number of carbonyl (C=O) groups is 1. The summed E-state index contributed by atoms with van der Waals surface area (Å²) in [7, 11) is 0. The van der Waals surface area contributed by atoms with Crippen LogP contribution in [0.25, 0.3) is 0 Å². The Labute approximate surface area is 64.7 Å². The maximum Gasteiger partial charge on any atom is 0.330 e.